The van der Waals surface area contributed by atoms with E-state index >= 15 is 0 Å². The Hall–Kier alpha value is -1.07. The number of hydrogen-bond donors (Lipinski definition) is 3. The van der Waals surface area contributed by atoms with E-state index in [1.165, 1.54) is 12.1 Å². The summed E-state index contributed by atoms with van der Waals surface area (Å²) in [6.45, 7) is 0. The van der Waals surface area contributed by atoms with Crippen molar-refractivity contribution in [2.45, 2.75) is 12.5 Å². The topological polar surface area (TPSA) is 77.8 Å². The molecule has 0 amide bonds. The molecular formula is C9H9BrO4. The summed E-state index contributed by atoms with van der Waals surface area (Å²) < 4.78 is 0.663. The molecule has 14 heavy (non-hydrogen) atoms. The third kappa shape index (κ3) is 2.71. The van der Waals surface area contributed by atoms with Crippen LogP contribution in [-0.2, 0) is 11.2 Å². The van der Waals surface area contributed by atoms with Crippen molar-refractivity contribution < 1.29 is 20.1 Å². The van der Waals surface area contributed by atoms with Crippen LogP contribution in [0.25, 0.3) is 0 Å². The molecule has 0 radical (unpaired) electrons. The highest BCUT2D eigenvalue weighted by molar-refractivity contribution is 9.10. The maximum Gasteiger partial charge on any atom is 0.332 e. The van der Waals surface area contributed by atoms with Gasteiger partial charge in [0.1, 0.15) is 5.75 Å². The number of aromatic hydroxyl groups is 1. The van der Waals surface area contributed by atoms with Gasteiger partial charge in [-0.25, -0.2) is 4.79 Å². The van der Waals surface area contributed by atoms with E-state index in [2.05, 4.69) is 15.9 Å². The number of carbonyl (C=O) groups is 1. The van der Waals surface area contributed by atoms with E-state index in [0.717, 1.165) is 0 Å². The van der Waals surface area contributed by atoms with Crippen LogP contribution < -0.4 is 0 Å². The van der Waals surface area contributed by atoms with Crippen LogP contribution in [0.2, 0.25) is 0 Å². The van der Waals surface area contributed by atoms with E-state index in [1.807, 2.05) is 0 Å². The van der Waals surface area contributed by atoms with Gasteiger partial charge in [0, 0.05) is 10.9 Å². The molecule has 5 heteroatoms. The summed E-state index contributed by atoms with van der Waals surface area (Å²) >= 11 is 3.19. The standard InChI is InChI=1S/C9H9BrO4/c10-7-2-1-6(11)3-5(7)4-8(12)9(13)14/h1-3,8,11-12H,4H2,(H,13,14). The average Bonchev–Trinajstić information content (AvgIpc) is 2.11. The minimum Gasteiger partial charge on any atom is -0.508 e. The van der Waals surface area contributed by atoms with Crippen LogP contribution in [0.4, 0.5) is 0 Å². The number of halogens is 1. The molecule has 0 spiro atoms. The highest BCUT2D eigenvalue weighted by Gasteiger charge is 2.15. The van der Waals surface area contributed by atoms with E-state index in [-0.39, 0.29) is 12.2 Å². The third-order valence-corrected chi connectivity index (χ3v) is 2.50. The summed E-state index contributed by atoms with van der Waals surface area (Å²) in [4.78, 5) is 10.4. The molecule has 0 aromatic heterocycles. The summed E-state index contributed by atoms with van der Waals surface area (Å²) in [5.41, 5.74) is 0.555. The van der Waals surface area contributed by atoms with E-state index in [1.54, 1.807) is 6.07 Å². The molecular weight excluding hydrogens is 252 g/mol. The number of carboxylic acid groups (broad SMARTS) is 1. The fourth-order valence-corrected chi connectivity index (χ4v) is 1.42. The van der Waals surface area contributed by atoms with Gasteiger partial charge in [-0.15, -0.1) is 0 Å². The molecule has 3 N–H and O–H groups in total. The average molecular weight is 261 g/mol. The van der Waals surface area contributed by atoms with Crippen LogP contribution in [0.3, 0.4) is 0 Å². The van der Waals surface area contributed by atoms with Crippen molar-refractivity contribution in [3.63, 3.8) is 0 Å². The Morgan fingerprint density at radius 2 is 2.14 bits per heavy atom. The molecule has 1 aromatic carbocycles. The van der Waals surface area contributed by atoms with E-state index in [9.17, 15) is 4.79 Å². The van der Waals surface area contributed by atoms with Gasteiger partial charge in [0.15, 0.2) is 6.10 Å². The Morgan fingerprint density at radius 1 is 1.50 bits per heavy atom. The molecule has 0 aliphatic carbocycles. The molecule has 0 aliphatic heterocycles. The van der Waals surface area contributed by atoms with Crippen molar-refractivity contribution in [3.05, 3.63) is 28.2 Å². The number of benzene rings is 1. The lowest BCUT2D eigenvalue weighted by molar-refractivity contribution is -0.146. The van der Waals surface area contributed by atoms with E-state index < -0.39 is 12.1 Å². The molecule has 0 saturated heterocycles. The van der Waals surface area contributed by atoms with E-state index in [4.69, 9.17) is 15.3 Å². The molecule has 1 rings (SSSR count). The first kappa shape index (κ1) is 11.0. The second kappa shape index (κ2) is 4.43. The second-order valence-electron chi connectivity index (χ2n) is 2.83. The molecule has 0 heterocycles. The van der Waals surface area contributed by atoms with Gasteiger partial charge in [-0.05, 0) is 23.8 Å². The van der Waals surface area contributed by atoms with Gasteiger partial charge in [0.2, 0.25) is 0 Å². The summed E-state index contributed by atoms with van der Waals surface area (Å²) in [5.74, 6) is -1.24. The smallest absolute Gasteiger partial charge is 0.332 e. The number of phenols is 1. The molecule has 0 aliphatic rings. The summed E-state index contributed by atoms with van der Waals surface area (Å²) in [6, 6.07) is 4.48. The van der Waals surface area contributed by atoms with Crippen molar-refractivity contribution in [3.8, 4) is 5.75 Å². The Morgan fingerprint density at radius 3 is 2.71 bits per heavy atom. The molecule has 0 fully saturated rings. The maximum absolute atomic E-state index is 10.4. The fourth-order valence-electron chi connectivity index (χ4n) is 1.01. The number of hydrogen-bond acceptors (Lipinski definition) is 3. The molecule has 0 saturated carbocycles. The number of aliphatic carboxylic acids is 1. The predicted octanol–water partition coefficient (Wildman–Crippen LogP) is 1.14. The summed E-state index contributed by atoms with van der Waals surface area (Å²) in [7, 11) is 0. The number of aliphatic hydroxyl groups excluding tert-OH is 1. The van der Waals surface area contributed by atoms with Gasteiger partial charge in [-0.1, -0.05) is 15.9 Å². The van der Waals surface area contributed by atoms with Crippen LogP contribution in [0.15, 0.2) is 22.7 Å². The SMILES string of the molecule is O=C(O)C(O)Cc1cc(O)ccc1Br. The lowest BCUT2D eigenvalue weighted by Gasteiger charge is -2.07. The van der Waals surface area contributed by atoms with Crippen molar-refractivity contribution >= 4 is 21.9 Å². The molecule has 1 aromatic rings. The highest BCUT2D eigenvalue weighted by atomic mass is 79.9. The summed E-state index contributed by atoms with van der Waals surface area (Å²) in [6.07, 6.45) is -1.49. The van der Waals surface area contributed by atoms with Gasteiger partial charge in [0.05, 0.1) is 0 Å². The predicted molar refractivity (Wildman–Crippen MR) is 53.2 cm³/mol. The van der Waals surface area contributed by atoms with Crippen molar-refractivity contribution in [2.75, 3.05) is 0 Å². The first-order valence-electron chi connectivity index (χ1n) is 3.89. The van der Waals surface area contributed by atoms with Gasteiger partial charge < -0.3 is 15.3 Å². The number of rotatable bonds is 3. The van der Waals surface area contributed by atoms with Crippen LogP contribution in [-0.4, -0.2) is 27.4 Å². The minimum atomic E-state index is -1.45. The minimum absolute atomic E-state index is 0.0374. The molecule has 76 valence electrons. The second-order valence-corrected chi connectivity index (χ2v) is 3.69. The van der Waals surface area contributed by atoms with Gasteiger partial charge >= 0.3 is 5.97 Å². The first-order chi connectivity index (χ1) is 6.50. The quantitative estimate of drug-likeness (QED) is 0.762. The Kier molecular flexibility index (Phi) is 3.49. The highest BCUT2D eigenvalue weighted by Crippen LogP contribution is 2.22. The number of carboxylic acids is 1. The summed E-state index contributed by atoms with van der Waals surface area (Å²) in [5, 5.41) is 26.7. The Balaban J connectivity index is 2.85. The molecule has 0 bridgehead atoms. The van der Waals surface area contributed by atoms with Crippen LogP contribution in [0.1, 0.15) is 5.56 Å². The monoisotopic (exact) mass is 260 g/mol. The number of aliphatic hydroxyl groups is 1. The molecule has 1 unspecified atom stereocenters. The van der Waals surface area contributed by atoms with Crippen molar-refractivity contribution in [2.24, 2.45) is 0 Å². The van der Waals surface area contributed by atoms with E-state index in [0.29, 0.717) is 10.0 Å². The van der Waals surface area contributed by atoms with Crippen LogP contribution in [0.5, 0.6) is 5.75 Å². The lowest BCUT2D eigenvalue weighted by atomic mass is 10.1. The zero-order valence-corrected chi connectivity index (χ0v) is 8.73. The third-order valence-electron chi connectivity index (χ3n) is 1.73. The largest absolute Gasteiger partial charge is 0.508 e. The van der Waals surface area contributed by atoms with Gasteiger partial charge in [0.25, 0.3) is 0 Å². The normalized spacial score (nSPS) is 12.4. The van der Waals surface area contributed by atoms with Gasteiger partial charge in [-0.3, -0.25) is 0 Å². The van der Waals surface area contributed by atoms with Crippen LogP contribution in [0, 0.1) is 0 Å². The Labute approximate surface area is 88.9 Å². The first-order valence-corrected chi connectivity index (χ1v) is 4.68. The number of phenolic OH excluding ortho intramolecular Hbond substituents is 1. The van der Waals surface area contributed by atoms with Gasteiger partial charge in [-0.2, -0.15) is 0 Å². The van der Waals surface area contributed by atoms with Crippen molar-refractivity contribution in [1.29, 1.82) is 0 Å². The Bertz CT molecular complexity index is 351. The lowest BCUT2D eigenvalue weighted by Crippen LogP contribution is -2.22. The zero-order valence-electron chi connectivity index (χ0n) is 7.14. The zero-order chi connectivity index (χ0) is 10.7. The van der Waals surface area contributed by atoms with Crippen LogP contribution >= 0.6 is 15.9 Å². The molecule has 4 nitrogen and oxygen atoms in total. The molecule has 1 atom stereocenters. The van der Waals surface area contributed by atoms with Crippen molar-refractivity contribution in [1.82, 2.24) is 0 Å². The maximum atomic E-state index is 10.4. The fraction of sp³-hybridized carbons (Fsp3) is 0.222.